The minimum Gasteiger partial charge on any atom is -0.385 e. The first-order valence-electron chi connectivity index (χ1n) is 8.09. The van der Waals surface area contributed by atoms with Gasteiger partial charge in [0.15, 0.2) is 0 Å². The largest absolute Gasteiger partial charge is 0.385 e. The monoisotopic (exact) mass is 401 g/mol. The van der Waals surface area contributed by atoms with E-state index in [-0.39, 0.29) is 5.69 Å². The van der Waals surface area contributed by atoms with Crippen LogP contribution in [0.25, 0.3) is 0 Å². The molecule has 0 spiro atoms. The Morgan fingerprint density at radius 2 is 1.62 bits per heavy atom. The normalized spacial score (nSPS) is 17.5. The molecule has 0 aromatic heterocycles. The summed E-state index contributed by atoms with van der Waals surface area (Å²) < 4.78 is 49.8. The van der Waals surface area contributed by atoms with E-state index in [0.717, 1.165) is 0 Å². The van der Waals surface area contributed by atoms with E-state index in [4.69, 9.17) is 11.6 Å². The van der Waals surface area contributed by atoms with Crippen molar-refractivity contribution in [1.82, 2.24) is 0 Å². The maximum absolute atomic E-state index is 13.0. The van der Waals surface area contributed by atoms with Crippen molar-refractivity contribution in [3.8, 4) is 0 Å². The SMILES string of the molecule is O=S(=O)(c1ccccc1N1CCC(O)(c2ccccc2Cl)CC1)C(F)F. The highest BCUT2D eigenvalue weighted by Gasteiger charge is 2.37. The van der Waals surface area contributed by atoms with Gasteiger partial charge in [-0.1, -0.05) is 41.9 Å². The molecule has 1 fully saturated rings. The molecule has 3 rings (SSSR count). The molecule has 1 heterocycles. The summed E-state index contributed by atoms with van der Waals surface area (Å²) in [5.41, 5.74) is -0.283. The molecule has 1 aliphatic rings. The Balaban J connectivity index is 1.87. The van der Waals surface area contributed by atoms with E-state index in [1.165, 1.54) is 18.2 Å². The molecule has 0 saturated carbocycles. The summed E-state index contributed by atoms with van der Waals surface area (Å²) in [7, 11) is -4.70. The van der Waals surface area contributed by atoms with Crippen LogP contribution in [0.4, 0.5) is 14.5 Å². The maximum Gasteiger partial charge on any atom is 0.341 e. The van der Waals surface area contributed by atoms with Crippen molar-refractivity contribution in [3.05, 3.63) is 59.1 Å². The highest BCUT2D eigenvalue weighted by molar-refractivity contribution is 7.91. The number of sulfone groups is 1. The fourth-order valence-corrected chi connectivity index (χ4v) is 4.54. The molecule has 1 N–H and O–H groups in total. The van der Waals surface area contributed by atoms with Gasteiger partial charge in [-0.05, 0) is 31.0 Å². The zero-order chi connectivity index (χ0) is 18.9. The molecule has 2 aromatic carbocycles. The van der Waals surface area contributed by atoms with Crippen LogP contribution >= 0.6 is 11.6 Å². The molecule has 0 bridgehead atoms. The lowest BCUT2D eigenvalue weighted by Crippen LogP contribution is -2.43. The molecule has 1 aliphatic heterocycles. The van der Waals surface area contributed by atoms with Crippen molar-refractivity contribution < 1.29 is 22.3 Å². The Morgan fingerprint density at radius 1 is 1.04 bits per heavy atom. The standard InChI is InChI=1S/C18H18ClF2NO3S/c19-14-6-2-1-5-13(14)18(23)9-11-22(12-10-18)15-7-3-4-8-16(15)26(24,25)17(20)21/h1-8,17,23H,9-12H2. The minimum atomic E-state index is -4.70. The van der Waals surface area contributed by atoms with Crippen LogP contribution in [0.15, 0.2) is 53.4 Å². The summed E-state index contributed by atoms with van der Waals surface area (Å²) in [6.07, 6.45) is 0.611. The van der Waals surface area contributed by atoms with Gasteiger partial charge in [0.05, 0.1) is 16.2 Å². The van der Waals surface area contributed by atoms with Gasteiger partial charge in [-0.25, -0.2) is 8.42 Å². The fraction of sp³-hybridized carbons (Fsp3) is 0.333. The molecule has 0 unspecified atom stereocenters. The van der Waals surface area contributed by atoms with Crippen LogP contribution in [0, 0.1) is 0 Å². The van der Waals surface area contributed by atoms with E-state index in [1.807, 2.05) is 0 Å². The summed E-state index contributed by atoms with van der Waals surface area (Å²) >= 11 is 6.18. The van der Waals surface area contributed by atoms with Crippen LogP contribution < -0.4 is 4.90 Å². The molecule has 0 radical (unpaired) electrons. The number of alkyl halides is 2. The predicted octanol–water partition coefficient (Wildman–Crippen LogP) is 3.82. The first kappa shape index (κ1) is 19.1. The average molecular weight is 402 g/mol. The van der Waals surface area contributed by atoms with Gasteiger partial charge in [0.25, 0.3) is 0 Å². The van der Waals surface area contributed by atoms with Gasteiger partial charge in [0, 0.05) is 23.7 Å². The van der Waals surface area contributed by atoms with Crippen molar-refractivity contribution in [2.24, 2.45) is 0 Å². The van der Waals surface area contributed by atoms with Crippen LogP contribution in [-0.2, 0) is 15.4 Å². The number of anilines is 1. The Labute approximate surface area is 155 Å². The van der Waals surface area contributed by atoms with E-state index < -0.39 is 26.1 Å². The zero-order valence-electron chi connectivity index (χ0n) is 13.8. The second kappa shape index (κ2) is 7.13. The van der Waals surface area contributed by atoms with Crippen LogP contribution in [0.2, 0.25) is 5.02 Å². The number of benzene rings is 2. The zero-order valence-corrected chi connectivity index (χ0v) is 15.4. The molecule has 2 aromatic rings. The number of hydrogen-bond acceptors (Lipinski definition) is 4. The summed E-state index contributed by atoms with van der Waals surface area (Å²) in [4.78, 5) is 1.32. The lowest BCUT2D eigenvalue weighted by atomic mass is 9.84. The minimum absolute atomic E-state index is 0.231. The first-order chi connectivity index (χ1) is 12.3. The molecule has 140 valence electrons. The fourth-order valence-electron chi connectivity index (χ4n) is 3.28. The highest BCUT2D eigenvalue weighted by atomic mass is 35.5. The van der Waals surface area contributed by atoms with Crippen molar-refractivity contribution >= 4 is 27.1 Å². The summed E-state index contributed by atoms with van der Waals surface area (Å²) in [6, 6.07) is 12.7. The molecule has 8 heteroatoms. The van der Waals surface area contributed by atoms with Crippen LogP contribution in [0.1, 0.15) is 18.4 Å². The van der Waals surface area contributed by atoms with Crippen molar-refractivity contribution in [2.45, 2.75) is 29.1 Å². The lowest BCUT2D eigenvalue weighted by Gasteiger charge is -2.40. The number of nitrogens with zero attached hydrogens (tertiary/aromatic N) is 1. The van der Waals surface area contributed by atoms with E-state index >= 15 is 0 Å². The number of aliphatic hydroxyl groups is 1. The third kappa shape index (κ3) is 3.43. The second-order valence-corrected chi connectivity index (χ2v) is 8.57. The Bertz CT molecular complexity index is 897. The molecule has 1 saturated heterocycles. The number of hydrogen-bond donors (Lipinski definition) is 1. The van der Waals surface area contributed by atoms with Gasteiger partial charge in [0.1, 0.15) is 0 Å². The van der Waals surface area contributed by atoms with Crippen LogP contribution in [-0.4, -0.2) is 32.4 Å². The van der Waals surface area contributed by atoms with Crippen LogP contribution in [0.3, 0.4) is 0 Å². The molecule has 0 amide bonds. The molecule has 26 heavy (non-hydrogen) atoms. The number of halogens is 3. The van der Waals surface area contributed by atoms with E-state index in [1.54, 1.807) is 35.2 Å². The molecule has 4 nitrogen and oxygen atoms in total. The quantitative estimate of drug-likeness (QED) is 0.846. The Hall–Kier alpha value is -1.70. The van der Waals surface area contributed by atoms with Crippen LogP contribution in [0.5, 0.6) is 0 Å². The molecule has 0 aliphatic carbocycles. The molecular formula is C18H18ClF2NO3S. The second-order valence-electron chi connectivity index (χ2n) is 6.27. The summed E-state index contributed by atoms with van der Waals surface area (Å²) in [5.74, 6) is -3.48. The Morgan fingerprint density at radius 3 is 2.23 bits per heavy atom. The van der Waals surface area contributed by atoms with Crippen molar-refractivity contribution in [2.75, 3.05) is 18.0 Å². The Kier molecular flexibility index (Phi) is 5.23. The third-order valence-electron chi connectivity index (χ3n) is 4.71. The molecule has 0 atom stereocenters. The number of rotatable bonds is 4. The highest BCUT2D eigenvalue weighted by Crippen LogP contribution is 2.39. The topological polar surface area (TPSA) is 57.6 Å². The van der Waals surface area contributed by atoms with Crippen molar-refractivity contribution in [3.63, 3.8) is 0 Å². The van der Waals surface area contributed by atoms with Crippen molar-refractivity contribution in [1.29, 1.82) is 0 Å². The number of piperidine rings is 1. The van der Waals surface area contributed by atoms with E-state index in [2.05, 4.69) is 0 Å². The maximum atomic E-state index is 13.0. The summed E-state index contributed by atoms with van der Waals surface area (Å²) in [5, 5.41) is 11.4. The molecular weight excluding hydrogens is 384 g/mol. The lowest BCUT2D eigenvalue weighted by molar-refractivity contribution is 0.0118. The third-order valence-corrected chi connectivity index (χ3v) is 6.47. The van der Waals surface area contributed by atoms with Gasteiger partial charge in [0.2, 0.25) is 9.84 Å². The predicted molar refractivity (Wildman–Crippen MR) is 96.4 cm³/mol. The van der Waals surface area contributed by atoms with Gasteiger partial charge < -0.3 is 10.0 Å². The van der Waals surface area contributed by atoms with Gasteiger partial charge in [-0.2, -0.15) is 8.78 Å². The smallest absolute Gasteiger partial charge is 0.341 e. The van der Waals surface area contributed by atoms with E-state index in [0.29, 0.717) is 36.5 Å². The van der Waals surface area contributed by atoms with Gasteiger partial charge >= 0.3 is 5.76 Å². The number of para-hydroxylation sites is 1. The van der Waals surface area contributed by atoms with Gasteiger partial charge in [-0.15, -0.1) is 0 Å². The summed E-state index contributed by atoms with van der Waals surface area (Å²) in [6.45, 7) is 0.634. The van der Waals surface area contributed by atoms with E-state index in [9.17, 15) is 22.3 Å². The van der Waals surface area contributed by atoms with Gasteiger partial charge in [-0.3, -0.25) is 0 Å². The first-order valence-corrected chi connectivity index (χ1v) is 10.0. The average Bonchev–Trinajstić information content (AvgIpc) is 2.62.